The van der Waals surface area contributed by atoms with Gasteiger partial charge in [0.05, 0.1) is 29.1 Å². The summed E-state index contributed by atoms with van der Waals surface area (Å²) in [6.07, 6.45) is 0.359. The van der Waals surface area contributed by atoms with Gasteiger partial charge in [-0.05, 0) is 35.7 Å². The molecule has 0 heterocycles. The van der Waals surface area contributed by atoms with Crippen LogP contribution in [0.5, 0.6) is 5.75 Å². The third-order valence-electron chi connectivity index (χ3n) is 3.69. The fourth-order valence-corrected chi connectivity index (χ4v) is 2.63. The van der Waals surface area contributed by atoms with Crippen molar-refractivity contribution < 1.29 is 14.3 Å². The number of benzene rings is 2. The van der Waals surface area contributed by atoms with E-state index in [2.05, 4.69) is 10.6 Å². The van der Waals surface area contributed by atoms with Gasteiger partial charge < -0.3 is 21.1 Å². The van der Waals surface area contributed by atoms with Crippen LogP contribution in [0.1, 0.15) is 37.6 Å². The van der Waals surface area contributed by atoms with Crippen LogP contribution in [0.3, 0.4) is 0 Å². The normalized spacial score (nSPS) is 11.0. The van der Waals surface area contributed by atoms with Gasteiger partial charge in [0.2, 0.25) is 5.91 Å². The molecule has 0 aliphatic rings. The van der Waals surface area contributed by atoms with Crippen LogP contribution >= 0.6 is 11.6 Å². The second kappa shape index (κ2) is 8.31. The molecule has 4 N–H and O–H groups in total. The summed E-state index contributed by atoms with van der Waals surface area (Å²) < 4.78 is 5.14. The molecular formula is C20H24ClN3O3. The molecule has 2 amide bonds. The van der Waals surface area contributed by atoms with E-state index in [0.717, 1.165) is 0 Å². The van der Waals surface area contributed by atoms with Crippen molar-refractivity contribution in [3.05, 3.63) is 47.0 Å². The minimum Gasteiger partial charge on any atom is -0.497 e. The van der Waals surface area contributed by atoms with Crippen LogP contribution < -0.4 is 21.1 Å². The average molecular weight is 390 g/mol. The lowest BCUT2D eigenvalue weighted by Gasteiger charge is -2.17. The van der Waals surface area contributed by atoms with Gasteiger partial charge in [-0.15, -0.1) is 0 Å². The molecule has 2 aromatic carbocycles. The maximum absolute atomic E-state index is 12.6. The lowest BCUT2D eigenvalue weighted by Crippen LogP contribution is -2.20. The number of nitrogen functional groups attached to an aromatic ring is 1. The number of carbonyl (C=O) groups is 2. The SMILES string of the molecule is COc1ccc(N)c(NC(=O)c2cc(NC(=O)CC(C)(C)C)ccc2Cl)c1. The highest BCUT2D eigenvalue weighted by Gasteiger charge is 2.18. The molecule has 27 heavy (non-hydrogen) atoms. The van der Waals surface area contributed by atoms with E-state index in [-0.39, 0.29) is 21.9 Å². The van der Waals surface area contributed by atoms with Crippen molar-refractivity contribution in [3.63, 3.8) is 0 Å². The Kier molecular flexibility index (Phi) is 6.33. The van der Waals surface area contributed by atoms with E-state index in [1.54, 1.807) is 30.3 Å². The van der Waals surface area contributed by atoms with Gasteiger partial charge in [0.15, 0.2) is 0 Å². The summed E-state index contributed by atoms with van der Waals surface area (Å²) in [7, 11) is 1.53. The molecule has 0 radical (unpaired) electrons. The highest BCUT2D eigenvalue weighted by atomic mass is 35.5. The molecule has 0 saturated heterocycles. The van der Waals surface area contributed by atoms with E-state index in [1.165, 1.54) is 13.2 Å². The third kappa shape index (κ3) is 5.89. The molecular weight excluding hydrogens is 366 g/mol. The van der Waals surface area contributed by atoms with E-state index >= 15 is 0 Å². The zero-order valence-electron chi connectivity index (χ0n) is 15.9. The number of hydrogen-bond acceptors (Lipinski definition) is 4. The van der Waals surface area contributed by atoms with Gasteiger partial charge >= 0.3 is 0 Å². The van der Waals surface area contributed by atoms with Crippen molar-refractivity contribution in [2.24, 2.45) is 5.41 Å². The van der Waals surface area contributed by atoms with Gasteiger partial charge in [-0.3, -0.25) is 9.59 Å². The van der Waals surface area contributed by atoms with Crippen LogP contribution in [0.15, 0.2) is 36.4 Å². The number of nitrogens with two attached hydrogens (primary N) is 1. The zero-order chi connectivity index (χ0) is 20.2. The molecule has 0 aromatic heterocycles. The fourth-order valence-electron chi connectivity index (χ4n) is 2.42. The van der Waals surface area contributed by atoms with E-state index in [1.807, 2.05) is 20.8 Å². The van der Waals surface area contributed by atoms with Gasteiger partial charge in [0, 0.05) is 18.2 Å². The number of carbonyl (C=O) groups excluding carboxylic acids is 2. The number of anilines is 3. The topological polar surface area (TPSA) is 93.4 Å². The molecule has 0 atom stereocenters. The number of nitrogens with one attached hydrogen (secondary N) is 2. The van der Waals surface area contributed by atoms with Crippen LogP contribution in [0.25, 0.3) is 0 Å². The van der Waals surface area contributed by atoms with Crippen LogP contribution in [-0.2, 0) is 4.79 Å². The zero-order valence-corrected chi connectivity index (χ0v) is 16.6. The standard InChI is InChI=1S/C20H24ClN3O3/c1-20(2,3)11-18(25)23-12-5-7-15(21)14(9-12)19(26)24-17-10-13(27-4)6-8-16(17)22/h5-10H,11,22H2,1-4H3,(H,23,25)(H,24,26). The molecule has 0 aliphatic heterocycles. The summed E-state index contributed by atoms with van der Waals surface area (Å²) in [6.45, 7) is 5.93. The van der Waals surface area contributed by atoms with Crippen molar-refractivity contribution >= 4 is 40.5 Å². The number of ether oxygens (including phenoxy) is 1. The minimum absolute atomic E-state index is 0.131. The van der Waals surface area contributed by atoms with Gasteiger partial charge in [0.25, 0.3) is 5.91 Å². The number of methoxy groups -OCH3 is 1. The van der Waals surface area contributed by atoms with Gasteiger partial charge in [0.1, 0.15) is 5.75 Å². The maximum Gasteiger partial charge on any atom is 0.257 e. The molecule has 0 spiro atoms. The molecule has 7 heteroatoms. The smallest absolute Gasteiger partial charge is 0.257 e. The molecule has 2 rings (SSSR count). The molecule has 144 valence electrons. The molecule has 0 fully saturated rings. The van der Waals surface area contributed by atoms with Gasteiger partial charge in [-0.2, -0.15) is 0 Å². The summed E-state index contributed by atoms with van der Waals surface area (Å²) in [5, 5.41) is 5.78. The summed E-state index contributed by atoms with van der Waals surface area (Å²) in [4.78, 5) is 24.8. The van der Waals surface area contributed by atoms with Crippen molar-refractivity contribution in [1.82, 2.24) is 0 Å². The summed E-state index contributed by atoms with van der Waals surface area (Å²) in [6, 6.07) is 9.71. The van der Waals surface area contributed by atoms with Crippen molar-refractivity contribution in [2.45, 2.75) is 27.2 Å². The summed E-state index contributed by atoms with van der Waals surface area (Å²) in [5.41, 5.74) is 7.30. The summed E-state index contributed by atoms with van der Waals surface area (Å²) in [5.74, 6) is -0.00566. The first-order chi connectivity index (χ1) is 12.6. The Morgan fingerprint density at radius 3 is 2.44 bits per heavy atom. The first-order valence-electron chi connectivity index (χ1n) is 8.43. The molecule has 0 bridgehead atoms. The van der Waals surface area contributed by atoms with E-state index in [0.29, 0.717) is 29.2 Å². The Hall–Kier alpha value is -2.73. The van der Waals surface area contributed by atoms with Crippen LogP contribution in [-0.4, -0.2) is 18.9 Å². The molecule has 0 unspecified atom stereocenters. The van der Waals surface area contributed by atoms with E-state index in [4.69, 9.17) is 22.1 Å². The van der Waals surface area contributed by atoms with E-state index in [9.17, 15) is 9.59 Å². The Balaban J connectivity index is 2.20. The lowest BCUT2D eigenvalue weighted by atomic mass is 9.92. The van der Waals surface area contributed by atoms with Gasteiger partial charge in [-0.1, -0.05) is 32.4 Å². The highest BCUT2D eigenvalue weighted by Crippen LogP contribution is 2.27. The molecule has 0 aliphatic carbocycles. The monoisotopic (exact) mass is 389 g/mol. The number of halogens is 1. The first kappa shape index (κ1) is 20.6. The predicted molar refractivity (Wildman–Crippen MR) is 110 cm³/mol. The average Bonchev–Trinajstić information content (AvgIpc) is 2.56. The van der Waals surface area contributed by atoms with Crippen LogP contribution in [0, 0.1) is 5.41 Å². The summed E-state index contributed by atoms with van der Waals surface area (Å²) >= 11 is 6.17. The second-order valence-electron chi connectivity index (χ2n) is 7.39. The Labute approximate surface area is 164 Å². The van der Waals surface area contributed by atoms with Crippen molar-refractivity contribution in [1.29, 1.82) is 0 Å². The number of hydrogen-bond donors (Lipinski definition) is 3. The fraction of sp³-hybridized carbons (Fsp3) is 0.300. The largest absolute Gasteiger partial charge is 0.497 e. The third-order valence-corrected chi connectivity index (χ3v) is 4.02. The Morgan fingerprint density at radius 1 is 1.11 bits per heavy atom. The Morgan fingerprint density at radius 2 is 1.81 bits per heavy atom. The van der Waals surface area contributed by atoms with Crippen LogP contribution in [0.4, 0.5) is 17.1 Å². The lowest BCUT2D eigenvalue weighted by molar-refractivity contribution is -0.117. The van der Waals surface area contributed by atoms with Crippen molar-refractivity contribution in [3.8, 4) is 5.75 Å². The van der Waals surface area contributed by atoms with Crippen molar-refractivity contribution in [2.75, 3.05) is 23.5 Å². The van der Waals surface area contributed by atoms with E-state index < -0.39 is 5.91 Å². The molecule has 2 aromatic rings. The molecule has 0 saturated carbocycles. The number of rotatable bonds is 5. The quantitative estimate of drug-likeness (QED) is 0.653. The first-order valence-corrected chi connectivity index (χ1v) is 8.81. The molecule has 6 nitrogen and oxygen atoms in total. The highest BCUT2D eigenvalue weighted by molar-refractivity contribution is 6.34. The van der Waals surface area contributed by atoms with Crippen LogP contribution in [0.2, 0.25) is 5.02 Å². The number of amides is 2. The second-order valence-corrected chi connectivity index (χ2v) is 7.79. The predicted octanol–water partition coefficient (Wildman–Crippen LogP) is 4.56. The Bertz CT molecular complexity index is 860. The minimum atomic E-state index is -0.438. The van der Waals surface area contributed by atoms with Gasteiger partial charge in [-0.25, -0.2) is 0 Å². The maximum atomic E-state index is 12.6.